The summed E-state index contributed by atoms with van der Waals surface area (Å²) in [6.07, 6.45) is 5.26. The Morgan fingerprint density at radius 3 is 2.53 bits per heavy atom. The van der Waals surface area contributed by atoms with Gasteiger partial charge >= 0.3 is 0 Å². The van der Waals surface area contributed by atoms with Gasteiger partial charge in [-0.1, -0.05) is 50.1 Å². The molecular weight excluding hydrogens is 398 g/mol. The molecule has 1 aliphatic carbocycles. The summed E-state index contributed by atoms with van der Waals surface area (Å²) in [5.74, 6) is 1.89. The number of hydrogen-bond acceptors (Lipinski definition) is 3. The third-order valence-corrected chi connectivity index (χ3v) is 6.20. The van der Waals surface area contributed by atoms with Crippen molar-refractivity contribution < 1.29 is 9.53 Å². The number of para-hydroxylation sites is 1. The highest BCUT2D eigenvalue weighted by molar-refractivity contribution is 5.79. The molecule has 0 N–H and O–H groups in total. The molecule has 4 rings (SSSR count). The van der Waals surface area contributed by atoms with Crippen molar-refractivity contribution in [2.24, 2.45) is 5.92 Å². The lowest BCUT2D eigenvalue weighted by atomic mass is 10.1. The lowest BCUT2D eigenvalue weighted by Crippen LogP contribution is -2.35. The molecule has 1 aliphatic rings. The Morgan fingerprint density at radius 1 is 1.09 bits per heavy atom. The summed E-state index contributed by atoms with van der Waals surface area (Å²) < 4.78 is 8.30. The van der Waals surface area contributed by atoms with Crippen molar-refractivity contribution in [1.29, 1.82) is 0 Å². The number of rotatable bonds is 8. The molecule has 2 aromatic carbocycles. The Kier molecular flexibility index (Phi) is 6.93. The molecule has 0 unspecified atom stereocenters. The second-order valence-electron chi connectivity index (χ2n) is 8.78. The first-order valence-corrected chi connectivity index (χ1v) is 11.7. The fraction of sp³-hybridized carbons (Fsp3) is 0.407. The van der Waals surface area contributed by atoms with Crippen molar-refractivity contribution >= 4 is 5.91 Å². The molecular formula is C27H33N3O2. The lowest BCUT2D eigenvalue weighted by molar-refractivity contribution is -0.136. The van der Waals surface area contributed by atoms with E-state index in [1.807, 2.05) is 65.0 Å². The van der Waals surface area contributed by atoms with Crippen LogP contribution in [0.1, 0.15) is 55.8 Å². The highest BCUT2D eigenvalue weighted by Crippen LogP contribution is 2.33. The van der Waals surface area contributed by atoms with Crippen LogP contribution >= 0.6 is 0 Å². The fourth-order valence-electron chi connectivity index (χ4n) is 4.52. The number of amides is 1. The van der Waals surface area contributed by atoms with Gasteiger partial charge in [0.1, 0.15) is 5.75 Å². The predicted octanol–water partition coefficient (Wildman–Crippen LogP) is 6.21. The molecule has 0 saturated heterocycles. The zero-order chi connectivity index (χ0) is 22.5. The Morgan fingerprint density at radius 2 is 1.84 bits per heavy atom. The molecule has 32 heavy (non-hydrogen) atoms. The molecule has 3 aromatic rings. The van der Waals surface area contributed by atoms with E-state index in [1.54, 1.807) is 0 Å². The van der Waals surface area contributed by atoms with Crippen LogP contribution in [0.4, 0.5) is 0 Å². The molecule has 1 amide bonds. The van der Waals surface area contributed by atoms with Crippen molar-refractivity contribution in [2.75, 3.05) is 6.54 Å². The maximum absolute atomic E-state index is 13.3. The van der Waals surface area contributed by atoms with Gasteiger partial charge in [-0.05, 0) is 62.9 Å². The van der Waals surface area contributed by atoms with Gasteiger partial charge in [-0.2, -0.15) is 5.10 Å². The lowest BCUT2D eigenvalue weighted by Gasteiger charge is -2.25. The minimum Gasteiger partial charge on any atom is -0.439 e. The molecule has 5 nitrogen and oxygen atoms in total. The Balaban J connectivity index is 1.72. The average Bonchev–Trinajstić information content (AvgIpc) is 3.43. The smallest absolute Gasteiger partial charge is 0.227 e. The zero-order valence-electron chi connectivity index (χ0n) is 19.4. The van der Waals surface area contributed by atoms with Gasteiger partial charge in [0.25, 0.3) is 0 Å². The Bertz CT molecular complexity index is 1050. The molecule has 1 aromatic heterocycles. The van der Waals surface area contributed by atoms with Crippen molar-refractivity contribution in [3.8, 4) is 17.3 Å². The summed E-state index contributed by atoms with van der Waals surface area (Å²) >= 11 is 0. The van der Waals surface area contributed by atoms with Gasteiger partial charge in [0.15, 0.2) is 0 Å². The number of benzene rings is 2. The quantitative estimate of drug-likeness (QED) is 0.426. The summed E-state index contributed by atoms with van der Waals surface area (Å²) in [6, 6.07) is 18.1. The van der Waals surface area contributed by atoms with Gasteiger partial charge in [-0.15, -0.1) is 0 Å². The van der Waals surface area contributed by atoms with Crippen molar-refractivity contribution in [3.05, 3.63) is 71.4 Å². The van der Waals surface area contributed by atoms with E-state index in [-0.39, 0.29) is 11.8 Å². The van der Waals surface area contributed by atoms with E-state index in [2.05, 4.69) is 19.9 Å². The molecule has 0 bridgehead atoms. The van der Waals surface area contributed by atoms with Crippen LogP contribution in [-0.4, -0.2) is 27.1 Å². The van der Waals surface area contributed by atoms with E-state index < -0.39 is 0 Å². The van der Waals surface area contributed by atoms with Crippen LogP contribution in [0.2, 0.25) is 0 Å². The van der Waals surface area contributed by atoms with Gasteiger partial charge < -0.3 is 9.64 Å². The standard InChI is InChI=1S/C27H33N3O2/c1-4-17-29(26(31)22-12-8-9-13-22)19-25-21(3)28-30(23-14-6-5-7-15-23)27(25)32-24-16-10-11-20(2)18-24/h5-7,10-11,14-16,18,22H,4,8-9,12-13,17,19H2,1-3H3. The van der Waals surface area contributed by atoms with E-state index in [4.69, 9.17) is 9.84 Å². The minimum atomic E-state index is 0.159. The normalized spacial score (nSPS) is 14.0. The number of carbonyl (C=O) groups is 1. The van der Waals surface area contributed by atoms with Crippen molar-refractivity contribution in [3.63, 3.8) is 0 Å². The van der Waals surface area contributed by atoms with Gasteiger partial charge in [0.05, 0.1) is 23.5 Å². The average molecular weight is 432 g/mol. The summed E-state index contributed by atoms with van der Waals surface area (Å²) in [5.41, 5.74) is 3.93. The Labute approximate surface area is 191 Å². The number of nitrogens with zero attached hydrogens (tertiary/aromatic N) is 3. The molecule has 1 heterocycles. The topological polar surface area (TPSA) is 47.4 Å². The summed E-state index contributed by atoms with van der Waals surface area (Å²) in [6.45, 7) is 7.44. The third kappa shape index (κ3) is 4.87. The predicted molar refractivity (Wildman–Crippen MR) is 127 cm³/mol. The maximum atomic E-state index is 13.3. The van der Waals surface area contributed by atoms with Crippen LogP contribution in [0.25, 0.3) is 5.69 Å². The highest BCUT2D eigenvalue weighted by atomic mass is 16.5. The highest BCUT2D eigenvalue weighted by Gasteiger charge is 2.29. The molecule has 0 radical (unpaired) electrons. The first kappa shape index (κ1) is 22.1. The second kappa shape index (κ2) is 10.0. The molecule has 0 spiro atoms. The molecule has 0 atom stereocenters. The Hall–Kier alpha value is -3.08. The van der Waals surface area contributed by atoms with E-state index in [1.165, 1.54) is 0 Å². The SMILES string of the molecule is CCCN(Cc1c(C)nn(-c2ccccc2)c1Oc1cccc(C)c1)C(=O)C1CCCC1. The van der Waals surface area contributed by atoms with Crippen LogP contribution in [0.15, 0.2) is 54.6 Å². The molecule has 1 saturated carbocycles. The second-order valence-corrected chi connectivity index (χ2v) is 8.78. The van der Waals surface area contributed by atoms with E-state index in [9.17, 15) is 4.79 Å². The minimum absolute atomic E-state index is 0.159. The molecule has 1 fully saturated rings. The zero-order valence-corrected chi connectivity index (χ0v) is 19.4. The van der Waals surface area contributed by atoms with Crippen LogP contribution < -0.4 is 4.74 Å². The number of hydrogen-bond donors (Lipinski definition) is 0. The first-order chi connectivity index (χ1) is 15.6. The van der Waals surface area contributed by atoms with Crippen LogP contribution in [-0.2, 0) is 11.3 Å². The van der Waals surface area contributed by atoms with Crippen LogP contribution in [0.3, 0.4) is 0 Å². The number of carbonyl (C=O) groups excluding carboxylic acids is 1. The van der Waals surface area contributed by atoms with E-state index in [0.717, 1.165) is 66.9 Å². The van der Waals surface area contributed by atoms with E-state index >= 15 is 0 Å². The van der Waals surface area contributed by atoms with Crippen LogP contribution in [0.5, 0.6) is 11.6 Å². The number of aryl methyl sites for hydroxylation is 2. The molecule has 168 valence electrons. The number of aromatic nitrogens is 2. The summed E-state index contributed by atoms with van der Waals surface area (Å²) in [5, 5.41) is 4.82. The largest absolute Gasteiger partial charge is 0.439 e. The summed E-state index contributed by atoms with van der Waals surface area (Å²) in [7, 11) is 0. The maximum Gasteiger partial charge on any atom is 0.227 e. The van der Waals surface area contributed by atoms with Gasteiger partial charge in [-0.3, -0.25) is 4.79 Å². The van der Waals surface area contributed by atoms with Gasteiger partial charge in [-0.25, -0.2) is 4.68 Å². The van der Waals surface area contributed by atoms with Crippen molar-refractivity contribution in [1.82, 2.24) is 14.7 Å². The monoisotopic (exact) mass is 431 g/mol. The fourth-order valence-corrected chi connectivity index (χ4v) is 4.52. The molecule has 5 heteroatoms. The van der Waals surface area contributed by atoms with Crippen LogP contribution in [0, 0.1) is 19.8 Å². The summed E-state index contributed by atoms with van der Waals surface area (Å²) in [4.78, 5) is 15.3. The van der Waals surface area contributed by atoms with Gasteiger partial charge in [0.2, 0.25) is 11.8 Å². The van der Waals surface area contributed by atoms with Crippen molar-refractivity contribution in [2.45, 2.75) is 59.4 Å². The third-order valence-electron chi connectivity index (χ3n) is 6.20. The van der Waals surface area contributed by atoms with Gasteiger partial charge in [0, 0.05) is 12.5 Å². The first-order valence-electron chi connectivity index (χ1n) is 11.7. The van der Waals surface area contributed by atoms with E-state index in [0.29, 0.717) is 12.4 Å². The number of ether oxygens (including phenoxy) is 1. The molecule has 0 aliphatic heterocycles.